The Bertz CT molecular complexity index is 1190. The van der Waals surface area contributed by atoms with Crippen molar-refractivity contribution in [3.63, 3.8) is 0 Å². The van der Waals surface area contributed by atoms with Gasteiger partial charge in [-0.05, 0) is 72.3 Å². The van der Waals surface area contributed by atoms with Crippen molar-refractivity contribution in [2.75, 3.05) is 0 Å². The van der Waals surface area contributed by atoms with Crippen LogP contribution in [0, 0.1) is 29.6 Å². The maximum atomic E-state index is 11.8. The van der Waals surface area contributed by atoms with E-state index in [1.807, 2.05) is 30.3 Å². The fourth-order valence-electron chi connectivity index (χ4n) is 6.53. The molecule has 4 nitrogen and oxygen atoms in total. The second-order valence-electron chi connectivity index (χ2n) is 8.94. The Morgan fingerprint density at radius 2 is 1.87 bits per heavy atom. The number of fused-ring (bicyclic) bond motifs is 2. The summed E-state index contributed by atoms with van der Waals surface area (Å²) in [6.45, 7) is 0. The standard InChI is InChI=1S/C24H20Cl2N2O2/c25-16-7-5-11(9-17(16)26)13-2-1-3-18-20(13)23(28-10-27-18)15-8-12-4-6-14(24(29)30)21-19(12)22(15)21/h1-3,5,7,9-10,12,14-15,19,21-22H,4,6,8H2,(H,29,30). The highest BCUT2D eigenvalue weighted by Crippen LogP contribution is 2.72. The van der Waals surface area contributed by atoms with Crippen molar-refractivity contribution in [3.8, 4) is 11.1 Å². The van der Waals surface area contributed by atoms with Gasteiger partial charge in [0, 0.05) is 11.3 Å². The van der Waals surface area contributed by atoms with Crippen molar-refractivity contribution in [3.05, 3.63) is 58.5 Å². The first-order valence-electron chi connectivity index (χ1n) is 10.5. The van der Waals surface area contributed by atoms with Gasteiger partial charge in [-0.15, -0.1) is 0 Å². The molecule has 0 spiro atoms. The van der Waals surface area contributed by atoms with Crippen LogP contribution in [-0.2, 0) is 4.79 Å². The average molecular weight is 439 g/mol. The molecule has 0 radical (unpaired) electrons. The third kappa shape index (κ3) is 2.63. The molecule has 3 fully saturated rings. The van der Waals surface area contributed by atoms with Gasteiger partial charge in [0.2, 0.25) is 0 Å². The van der Waals surface area contributed by atoms with Crippen LogP contribution < -0.4 is 0 Å². The number of nitrogens with zero attached hydrogens (tertiary/aromatic N) is 2. The molecule has 1 aromatic heterocycles. The number of aliphatic carboxylic acids is 1. The number of hydrogen-bond donors (Lipinski definition) is 1. The fraction of sp³-hybridized carbons (Fsp3) is 0.375. The van der Waals surface area contributed by atoms with Gasteiger partial charge in [0.1, 0.15) is 6.33 Å². The van der Waals surface area contributed by atoms with Gasteiger partial charge in [0.05, 0.1) is 27.2 Å². The lowest BCUT2D eigenvalue weighted by Gasteiger charge is -2.28. The van der Waals surface area contributed by atoms with E-state index >= 15 is 0 Å². The van der Waals surface area contributed by atoms with Crippen molar-refractivity contribution in [2.45, 2.75) is 25.2 Å². The van der Waals surface area contributed by atoms with E-state index in [-0.39, 0.29) is 5.92 Å². The van der Waals surface area contributed by atoms with E-state index in [0.29, 0.717) is 39.6 Å². The van der Waals surface area contributed by atoms with E-state index in [1.54, 1.807) is 6.33 Å². The quantitative estimate of drug-likeness (QED) is 0.539. The zero-order valence-corrected chi connectivity index (χ0v) is 17.6. The lowest BCUT2D eigenvalue weighted by molar-refractivity contribution is -0.144. The van der Waals surface area contributed by atoms with Gasteiger partial charge in [0.25, 0.3) is 0 Å². The van der Waals surface area contributed by atoms with Gasteiger partial charge >= 0.3 is 5.97 Å². The fourth-order valence-corrected chi connectivity index (χ4v) is 6.82. The molecule has 6 heteroatoms. The molecule has 2 aromatic carbocycles. The first-order chi connectivity index (χ1) is 14.5. The Hall–Kier alpha value is -2.17. The smallest absolute Gasteiger partial charge is 0.306 e. The minimum atomic E-state index is -0.629. The number of hydrogen-bond acceptors (Lipinski definition) is 3. The first kappa shape index (κ1) is 18.6. The molecular formula is C24H20Cl2N2O2. The van der Waals surface area contributed by atoms with Crippen molar-refractivity contribution in [2.24, 2.45) is 29.6 Å². The summed E-state index contributed by atoms with van der Waals surface area (Å²) >= 11 is 12.4. The SMILES string of the molecule is O=C(O)C1CCC2CC(c3ncnc4cccc(-c5ccc(Cl)c(Cl)c5)c34)C3C2C13. The zero-order valence-electron chi connectivity index (χ0n) is 16.1. The van der Waals surface area contributed by atoms with E-state index in [4.69, 9.17) is 28.2 Å². The molecule has 6 rings (SSSR count). The van der Waals surface area contributed by atoms with Gasteiger partial charge < -0.3 is 5.11 Å². The van der Waals surface area contributed by atoms with Crippen molar-refractivity contribution >= 4 is 40.1 Å². The molecule has 1 N–H and O–H groups in total. The minimum Gasteiger partial charge on any atom is -0.481 e. The molecule has 3 aliphatic rings. The van der Waals surface area contributed by atoms with Gasteiger partial charge in [0.15, 0.2) is 0 Å². The Kier molecular flexibility index (Phi) is 4.13. The largest absolute Gasteiger partial charge is 0.481 e. The van der Waals surface area contributed by atoms with Gasteiger partial charge in [-0.25, -0.2) is 9.97 Å². The Labute approximate surface area is 184 Å². The topological polar surface area (TPSA) is 63.1 Å². The summed E-state index contributed by atoms with van der Waals surface area (Å²) in [4.78, 5) is 21.1. The predicted octanol–water partition coefficient (Wildman–Crippen LogP) is 6.06. The van der Waals surface area contributed by atoms with Crippen LogP contribution in [0.4, 0.5) is 0 Å². The van der Waals surface area contributed by atoms with Crippen molar-refractivity contribution in [1.29, 1.82) is 0 Å². The maximum absolute atomic E-state index is 11.8. The predicted molar refractivity (Wildman–Crippen MR) is 117 cm³/mol. The molecule has 0 amide bonds. The van der Waals surface area contributed by atoms with E-state index in [1.165, 1.54) is 0 Å². The molecule has 3 aliphatic carbocycles. The second-order valence-corrected chi connectivity index (χ2v) is 9.76. The van der Waals surface area contributed by atoms with Crippen LogP contribution in [0.5, 0.6) is 0 Å². The van der Waals surface area contributed by atoms with Gasteiger partial charge in [-0.3, -0.25) is 4.79 Å². The van der Waals surface area contributed by atoms with Gasteiger partial charge in [-0.1, -0.05) is 41.4 Å². The second kappa shape index (κ2) is 6.66. The highest BCUT2D eigenvalue weighted by atomic mass is 35.5. The van der Waals surface area contributed by atoms with Crippen LogP contribution in [0.25, 0.3) is 22.0 Å². The summed E-state index contributed by atoms with van der Waals surface area (Å²) in [5, 5.41) is 11.8. The first-order valence-corrected chi connectivity index (χ1v) is 11.2. The highest BCUT2D eigenvalue weighted by molar-refractivity contribution is 6.42. The minimum absolute atomic E-state index is 0.193. The van der Waals surface area contributed by atoms with E-state index < -0.39 is 5.97 Å². The Morgan fingerprint density at radius 3 is 2.67 bits per heavy atom. The number of carbonyl (C=O) groups is 1. The van der Waals surface area contributed by atoms with Crippen LogP contribution in [0.15, 0.2) is 42.7 Å². The number of rotatable bonds is 3. The summed E-state index contributed by atoms with van der Waals surface area (Å²) in [5.41, 5.74) is 4.01. The molecule has 0 saturated heterocycles. The molecule has 30 heavy (non-hydrogen) atoms. The molecule has 0 bridgehead atoms. The molecule has 152 valence electrons. The third-order valence-corrected chi connectivity index (χ3v) is 8.40. The van der Waals surface area contributed by atoms with Crippen LogP contribution in [0.2, 0.25) is 10.0 Å². The average Bonchev–Trinajstić information content (AvgIpc) is 3.35. The third-order valence-electron chi connectivity index (χ3n) is 7.66. The van der Waals surface area contributed by atoms with Crippen LogP contribution >= 0.6 is 23.2 Å². The van der Waals surface area contributed by atoms with Crippen LogP contribution in [0.1, 0.15) is 30.9 Å². The lowest BCUT2D eigenvalue weighted by atomic mass is 9.76. The molecule has 3 saturated carbocycles. The Balaban J connectivity index is 1.49. The van der Waals surface area contributed by atoms with Crippen molar-refractivity contribution < 1.29 is 9.90 Å². The monoisotopic (exact) mass is 438 g/mol. The summed E-state index contributed by atoms with van der Waals surface area (Å²) in [7, 11) is 0. The van der Waals surface area contributed by atoms with E-state index in [0.717, 1.165) is 47.0 Å². The van der Waals surface area contributed by atoms with Gasteiger partial charge in [-0.2, -0.15) is 0 Å². The summed E-state index contributed by atoms with van der Waals surface area (Å²) in [6, 6.07) is 11.8. The zero-order chi connectivity index (χ0) is 20.6. The highest BCUT2D eigenvalue weighted by Gasteiger charge is 2.68. The number of carboxylic acid groups (broad SMARTS) is 1. The molecule has 0 aliphatic heterocycles. The Morgan fingerprint density at radius 1 is 1.00 bits per heavy atom. The molecule has 6 atom stereocenters. The van der Waals surface area contributed by atoms with E-state index in [9.17, 15) is 9.90 Å². The number of benzene rings is 2. The maximum Gasteiger partial charge on any atom is 0.306 e. The van der Waals surface area contributed by atoms with Crippen molar-refractivity contribution in [1.82, 2.24) is 9.97 Å². The van der Waals surface area contributed by atoms with Crippen LogP contribution in [0.3, 0.4) is 0 Å². The normalized spacial score (nSPS) is 31.5. The van der Waals surface area contributed by atoms with Crippen LogP contribution in [-0.4, -0.2) is 21.0 Å². The van der Waals surface area contributed by atoms with E-state index in [2.05, 4.69) is 11.1 Å². The number of halogens is 2. The molecule has 6 unspecified atom stereocenters. The lowest BCUT2D eigenvalue weighted by Crippen LogP contribution is -2.26. The number of carboxylic acids is 1. The molecule has 3 aromatic rings. The summed E-state index contributed by atoms with van der Waals surface area (Å²) in [5.74, 6) is 1.38. The number of aromatic nitrogens is 2. The summed E-state index contributed by atoms with van der Waals surface area (Å²) in [6.07, 6.45) is 4.59. The molecular weight excluding hydrogens is 419 g/mol. The summed E-state index contributed by atoms with van der Waals surface area (Å²) < 4.78 is 0. The molecule has 1 heterocycles.